The first-order chi connectivity index (χ1) is 13.4. The van der Waals surface area contributed by atoms with Gasteiger partial charge in [0.2, 0.25) is 11.2 Å². The number of aromatic nitrogens is 1. The Morgan fingerprint density at radius 2 is 1.68 bits per heavy atom. The molecule has 0 bridgehead atoms. The zero-order chi connectivity index (χ0) is 19.9. The van der Waals surface area contributed by atoms with Gasteiger partial charge in [0.1, 0.15) is 0 Å². The topological polar surface area (TPSA) is 73.2 Å². The molecule has 0 saturated carbocycles. The first-order valence-corrected chi connectivity index (χ1v) is 10.8. The van der Waals surface area contributed by atoms with E-state index in [1.165, 1.54) is 29.5 Å². The average Bonchev–Trinajstić information content (AvgIpc) is 3.23. The van der Waals surface area contributed by atoms with E-state index < -0.39 is 21.2 Å². The molecule has 28 heavy (non-hydrogen) atoms. The molecular weight excluding hydrogens is 394 g/mol. The Hall–Kier alpha value is -3.03. The second-order valence-corrected chi connectivity index (χ2v) is 9.07. The number of fused-ring (bicyclic) bond motifs is 1. The third kappa shape index (κ3) is 2.98. The summed E-state index contributed by atoms with van der Waals surface area (Å²) in [5, 5.41) is 1.91. The van der Waals surface area contributed by atoms with Crippen LogP contribution >= 0.6 is 11.3 Å². The normalized spacial score (nSPS) is 11.6. The summed E-state index contributed by atoms with van der Waals surface area (Å²) in [5.41, 5.74) is 0.509. The van der Waals surface area contributed by atoms with Crippen LogP contribution in [0.15, 0.2) is 81.9 Å². The number of thiophene rings is 1. The van der Waals surface area contributed by atoms with Crippen molar-refractivity contribution in [2.45, 2.75) is 11.8 Å². The molecule has 0 radical (unpaired) electrons. The molecule has 0 saturated heterocycles. The lowest BCUT2D eigenvalue weighted by Crippen LogP contribution is -2.23. The molecule has 0 aliphatic rings. The van der Waals surface area contributed by atoms with Gasteiger partial charge in [-0.15, -0.1) is 11.3 Å². The number of para-hydroxylation sites is 1. The van der Waals surface area contributed by atoms with Crippen LogP contribution in [0.1, 0.15) is 20.8 Å². The summed E-state index contributed by atoms with van der Waals surface area (Å²) < 4.78 is 27.6. The van der Waals surface area contributed by atoms with Crippen molar-refractivity contribution in [3.05, 3.63) is 98.5 Å². The fourth-order valence-electron chi connectivity index (χ4n) is 2.97. The molecule has 5 nitrogen and oxygen atoms in total. The van der Waals surface area contributed by atoms with Crippen LogP contribution in [0.25, 0.3) is 10.9 Å². The lowest BCUT2D eigenvalue weighted by Gasteiger charge is -2.14. The summed E-state index contributed by atoms with van der Waals surface area (Å²) in [6, 6.07) is 16.1. The molecule has 0 amide bonds. The van der Waals surface area contributed by atoms with Crippen molar-refractivity contribution in [3.63, 3.8) is 0 Å². The number of aryl methyl sites for hydroxylation is 1. The molecule has 0 atom stereocenters. The van der Waals surface area contributed by atoms with Crippen molar-refractivity contribution in [1.29, 1.82) is 0 Å². The van der Waals surface area contributed by atoms with E-state index in [-0.39, 0.29) is 21.4 Å². The van der Waals surface area contributed by atoms with E-state index in [2.05, 4.69) is 0 Å². The molecule has 0 spiro atoms. The Morgan fingerprint density at radius 3 is 2.36 bits per heavy atom. The van der Waals surface area contributed by atoms with Gasteiger partial charge in [-0.05, 0) is 42.6 Å². The van der Waals surface area contributed by atoms with Crippen LogP contribution in [0.5, 0.6) is 0 Å². The number of benzene rings is 2. The lowest BCUT2D eigenvalue weighted by molar-refractivity contribution is 0.104. The predicted molar refractivity (Wildman–Crippen MR) is 110 cm³/mol. The Balaban J connectivity index is 2.03. The average molecular weight is 409 g/mol. The fraction of sp³-hybridized carbons (Fsp3) is 0.0476. The lowest BCUT2D eigenvalue weighted by atomic mass is 10.1. The highest BCUT2D eigenvalue weighted by atomic mass is 32.2. The highest BCUT2D eigenvalue weighted by molar-refractivity contribution is 7.90. The zero-order valence-corrected chi connectivity index (χ0v) is 16.5. The van der Waals surface area contributed by atoms with Crippen LogP contribution in [-0.4, -0.2) is 18.2 Å². The number of hydrogen-bond acceptors (Lipinski definition) is 5. The molecule has 2 aromatic heterocycles. The summed E-state index contributed by atoms with van der Waals surface area (Å²) in [5.74, 6) is -0.487. The Labute approximate surface area is 165 Å². The van der Waals surface area contributed by atoms with Crippen LogP contribution < -0.4 is 5.43 Å². The van der Waals surface area contributed by atoms with Crippen LogP contribution in [0.2, 0.25) is 0 Å². The highest BCUT2D eigenvalue weighted by Crippen LogP contribution is 2.22. The summed E-state index contributed by atoms with van der Waals surface area (Å²) >= 11 is 1.20. The van der Waals surface area contributed by atoms with Gasteiger partial charge >= 0.3 is 0 Å². The van der Waals surface area contributed by atoms with Crippen molar-refractivity contribution in [2.75, 3.05) is 0 Å². The molecular formula is C21H15NO4S2. The summed E-state index contributed by atoms with van der Waals surface area (Å²) in [4.78, 5) is 26.2. The zero-order valence-electron chi connectivity index (χ0n) is 14.8. The van der Waals surface area contributed by atoms with E-state index in [0.29, 0.717) is 4.88 Å². The summed E-state index contributed by atoms with van der Waals surface area (Å²) in [7, 11) is -3.99. The minimum atomic E-state index is -3.99. The predicted octanol–water partition coefficient (Wildman–Crippen LogP) is 3.84. The standard InChI is InChI=1S/C21H15NO4S2/c1-14-8-10-15(11-9-14)28(25,26)22-13-17(21(24)19-7-4-12-27-19)20(23)16-5-2-3-6-18(16)22/h2-13H,1H3. The van der Waals surface area contributed by atoms with Crippen molar-refractivity contribution in [2.24, 2.45) is 0 Å². The van der Waals surface area contributed by atoms with E-state index in [9.17, 15) is 18.0 Å². The summed E-state index contributed by atoms with van der Waals surface area (Å²) in [6.07, 6.45) is 1.14. The van der Waals surface area contributed by atoms with Gasteiger partial charge < -0.3 is 0 Å². The maximum Gasteiger partial charge on any atom is 0.268 e. The van der Waals surface area contributed by atoms with Gasteiger partial charge in [0, 0.05) is 11.6 Å². The number of rotatable bonds is 4. The summed E-state index contributed by atoms with van der Waals surface area (Å²) in [6.45, 7) is 1.86. The molecule has 4 rings (SSSR count). The molecule has 0 fully saturated rings. The minimum absolute atomic E-state index is 0.0847. The largest absolute Gasteiger partial charge is 0.288 e. The molecule has 2 aromatic carbocycles. The number of ketones is 1. The maximum atomic E-state index is 13.3. The van der Waals surface area contributed by atoms with E-state index in [4.69, 9.17) is 0 Å². The Bertz CT molecular complexity index is 1350. The Morgan fingerprint density at radius 1 is 0.964 bits per heavy atom. The number of carbonyl (C=O) groups excluding carboxylic acids is 1. The van der Waals surface area contributed by atoms with Crippen molar-refractivity contribution in [1.82, 2.24) is 3.97 Å². The van der Waals surface area contributed by atoms with Gasteiger partial charge in [-0.3, -0.25) is 9.59 Å². The van der Waals surface area contributed by atoms with E-state index in [1.54, 1.807) is 47.8 Å². The third-order valence-corrected chi connectivity index (χ3v) is 7.00. The molecule has 140 valence electrons. The van der Waals surface area contributed by atoms with Crippen molar-refractivity contribution >= 4 is 38.0 Å². The van der Waals surface area contributed by atoms with Gasteiger partial charge in [0.05, 0.1) is 20.9 Å². The van der Waals surface area contributed by atoms with Gasteiger partial charge in [-0.2, -0.15) is 0 Å². The Kier molecular flexibility index (Phi) is 4.49. The molecule has 2 heterocycles. The molecule has 7 heteroatoms. The second-order valence-electron chi connectivity index (χ2n) is 6.31. The quantitative estimate of drug-likeness (QED) is 0.480. The van der Waals surface area contributed by atoms with Crippen LogP contribution in [-0.2, 0) is 10.0 Å². The molecule has 0 N–H and O–H groups in total. The van der Waals surface area contributed by atoms with Crippen molar-refractivity contribution < 1.29 is 13.2 Å². The van der Waals surface area contributed by atoms with E-state index in [1.807, 2.05) is 6.92 Å². The van der Waals surface area contributed by atoms with E-state index in [0.717, 1.165) is 15.7 Å². The molecule has 0 aliphatic heterocycles. The first-order valence-electron chi connectivity index (χ1n) is 8.44. The molecule has 0 aliphatic carbocycles. The van der Waals surface area contributed by atoms with Crippen LogP contribution in [0.4, 0.5) is 0 Å². The highest BCUT2D eigenvalue weighted by Gasteiger charge is 2.24. The van der Waals surface area contributed by atoms with Crippen LogP contribution in [0, 0.1) is 6.92 Å². The van der Waals surface area contributed by atoms with E-state index >= 15 is 0 Å². The van der Waals surface area contributed by atoms with Crippen LogP contribution in [0.3, 0.4) is 0 Å². The number of carbonyl (C=O) groups is 1. The van der Waals surface area contributed by atoms with Gasteiger partial charge in [-0.1, -0.05) is 35.9 Å². The number of pyridine rings is 1. The third-order valence-electron chi connectivity index (χ3n) is 4.44. The SMILES string of the molecule is Cc1ccc(S(=O)(=O)n2cc(C(=O)c3cccs3)c(=O)c3ccccc32)cc1. The second kappa shape index (κ2) is 6.85. The van der Waals surface area contributed by atoms with Crippen molar-refractivity contribution in [3.8, 4) is 0 Å². The minimum Gasteiger partial charge on any atom is -0.288 e. The van der Waals surface area contributed by atoms with Gasteiger partial charge in [0.25, 0.3) is 10.0 Å². The van der Waals surface area contributed by atoms with Gasteiger partial charge in [-0.25, -0.2) is 12.4 Å². The van der Waals surface area contributed by atoms with Gasteiger partial charge in [0.15, 0.2) is 0 Å². The smallest absolute Gasteiger partial charge is 0.268 e. The first kappa shape index (κ1) is 18.3. The monoisotopic (exact) mass is 409 g/mol. The number of hydrogen-bond donors (Lipinski definition) is 0. The maximum absolute atomic E-state index is 13.3. The fourth-order valence-corrected chi connectivity index (χ4v) is 5.02. The number of nitrogens with zero attached hydrogens (tertiary/aromatic N) is 1. The molecule has 4 aromatic rings. The molecule has 0 unspecified atom stereocenters.